The molecule has 2 fully saturated rings. The molecule has 2 heterocycles. The van der Waals surface area contributed by atoms with Crippen LogP contribution in [-0.2, 0) is 4.79 Å². The molecule has 1 unspecified atom stereocenters. The van der Waals surface area contributed by atoms with Crippen molar-refractivity contribution >= 4 is 5.91 Å². The van der Waals surface area contributed by atoms with Crippen LogP contribution >= 0.6 is 0 Å². The molecular formula is C20H32N4O. The summed E-state index contributed by atoms with van der Waals surface area (Å²) in [5.41, 5.74) is 7.18. The first-order valence-electron chi connectivity index (χ1n) is 9.64. The third-order valence-corrected chi connectivity index (χ3v) is 5.73. The Labute approximate surface area is 151 Å². The number of hydrogen-bond donors (Lipinski definition) is 2. The van der Waals surface area contributed by atoms with Gasteiger partial charge in [-0.1, -0.05) is 30.3 Å². The van der Waals surface area contributed by atoms with E-state index in [2.05, 4.69) is 22.2 Å². The molecule has 1 amide bonds. The van der Waals surface area contributed by atoms with Gasteiger partial charge in [0.2, 0.25) is 5.91 Å². The number of hydrogen-bond acceptors (Lipinski definition) is 4. The average molecular weight is 345 g/mol. The van der Waals surface area contributed by atoms with Gasteiger partial charge in [-0.3, -0.25) is 4.79 Å². The summed E-state index contributed by atoms with van der Waals surface area (Å²) >= 11 is 0. The van der Waals surface area contributed by atoms with Crippen LogP contribution in [0.15, 0.2) is 30.3 Å². The van der Waals surface area contributed by atoms with Crippen LogP contribution in [0.4, 0.5) is 0 Å². The second-order valence-corrected chi connectivity index (χ2v) is 7.63. The first-order valence-corrected chi connectivity index (χ1v) is 9.64. The van der Waals surface area contributed by atoms with E-state index < -0.39 is 0 Å². The van der Waals surface area contributed by atoms with Crippen LogP contribution < -0.4 is 11.1 Å². The highest BCUT2D eigenvalue weighted by molar-refractivity contribution is 5.77. The summed E-state index contributed by atoms with van der Waals surface area (Å²) in [6.07, 6.45) is 5.02. The monoisotopic (exact) mass is 344 g/mol. The molecule has 0 radical (unpaired) electrons. The van der Waals surface area contributed by atoms with Crippen molar-refractivity contribution in [1.29, 1.82) is 0 Å². The third kappa shape index (κ3) is 5.27. The second-order valence-electron chi connectivity index (χ2n) is 7.63. The van der Waals surface area contributed by atoms with Crippen molar-refractivity contribution in [2.45, 2.75) is 50.2 Å². The number of nitrogens with one attached hydrogen (secondary N) is 1. The molecule has 3 N–H and O–H groups in total. The minimum absolute atomic E-state index is 0.0779. The number of likely N-dealkylation sites (tertiary alicyclic amines) is 2. The summed E-state index contributed by atoms with van der Waals surface area (Å²) < 4.78 is 0. The van der Waals surface area contributed by atoms with Crippen molar-refractivity contribution in [2.75, 3.05) is 33.2 Å². The van der Waals surface area contributed by atoms with Gasteiger partial charge in [0, 0.05) is 37.6 Å². The van der Waals surface area contributed by atoms with Gasteiger partial charge in [0.25, 0.3) is 0 Å². The number of carbonyl (C=O) groups excluding carboxylic acids is 1. The number of carbonyl (C=O) groups is 1. The first-order chi connectivity index (χ1) is 12.1. The molecular weight excluding hydrogens is 312 g/mol. The number of nitrogens with two attached hydrogens (primary N) is 1. The van der Waals surface area contributed by atoms with Crippen molar-refractivity contribution in [3.8, 4) is 0 Å². The highest BCUT2D eigenvalue weighted by atomic mass is 16.1. The third-order valence-electron chi connectivity index (χ3n) is 5.73. The van der Waals surface area contributed by atoms with Gasteiger partial charge in [0.15, 0.2) is 0 Å². The minimum Gasteiger partial charge on any atom is -0.353 e. The van der Waals surface area contributed by atoms with Crippen molar-refractivity contribution in [1.82, 2.24) is 15.1 Å². The SMILES string of the molecule is CN1CCC(N2CCC(NC(=O)CC(N)c3ccccc3)CC2)CC1. The van der Waals surface area contributed by atoms with E-state index in [9.17, 15) is 4.79 Å². The smallest absolute Gasteiger partial charge is 0.222 e. The Morgan fingerprint density at radius 3 is 2.40 bits per heavy atom. The van der Waals surface area contributed by atoms with Crippen molar-refractivity contribution in [2.24, 2.45) is 5.73 Å². The Balaban J connectivity index is 1.39. The topological polar surface area (TPSA) is 61.6 Å². The lowest BCUT2D eigenvalue weighted by Gasteiger charge is -2.41. The molecule has 0 bridgehead atoms. The first kappa shape index (κ1) is 18.4. The zero-order valence-corrected chi connectivity index (χ0v) is 15.4. The summed E-state index contributed by atoms with van der Waals surface area (Å²) in [6, 6.07) is 10.7. The molecule has 25 heavy (non-hydrogen) atoms. The van der Waals surface area contributed by atoms with Gasteiger partial charge < -0.3 is 20.9 Å². The number of rotatable bonds is 5. The lowest BCUT2D eigenvalue weighted by molar-refractivity contribution is -0.122. The van der Waals surface area contributed by atoms with Crippen LogP contribution in [0.25, 0.3) is 0 Å². The van der Waals surface area contributed by atoms with Gasteiger partial charge in [-0.25, -0.2) is 0 Å². The van der Waals surface area contributed by atoms with Gasteiger partial charge in [0.05, 0.1) is 0 Å². The van der Waals surface area contributed by atoms with E-state index in [1.807, 2.05) is 30.3 Å². The van der Waals surface area contributed by atoms with Gasteiger partial charge >= 0.3 is 0 Å². The Morgan fingerprint density at radius 2 is 1.76 bits per heavy atom. The van der Waals surface area contributed by atoms with Crippen LogP contribution in [0, 0.1) is 0 Å². The van der Waals surface area contributed by atoms with Crippen molar-refractivity contribution in [3.63, 3.8) is 0 Å². The second kappa shape index (κ2) is 8.79. The van der Waals surface area contributed by atoms with E-state index in [4.69, 9.17) is 5.73 Å². The van der Waals surface area contributed by atoms with E-state index in [1.54, 1.807) is 0 Å². The summed E-state index contributed by atoms with van der Waals surface area (Å²) in [7, 11) is 2.21. The Hall–Kier alpha value is -1.43. The normalized spacial score (nSPS) is 22.6. The zero-order valence-electron chi connectivity index (χ0n) is 15.4. The number of benzene rings is 1. The van der Waals surface area contributed by atoms with Crippen LogP contribution in [-0.4, -0.2) is 61.0 Å². The number of amides is 1. The predicted molar refractivity (Wildman–Crippen MR) is 101 cm³/mol. The lowest BCUT2D eigenvalue weighted by Crippen LogP contribution is -2.50. The molecule has 2 aliphatic heterocycles. The van der Waals surface area contributed by atoms with Crippen LogP contribution in [0.5, 0.6) is 0 Å². The summed E-state index contributed by atoms with van der Waals surface area (Å²) in [5, 5.41) is 3.20. The van der Waals surface area contributed by atoms with Gasteiger partial charge in [0.1, 0.15) is 0 Å². The van der Waals surface area contributed by atoms with E-state index in [1.165, 1.54) is 25.9 Å². The summed E-state index contributed by atoms with van der Waals surface area (Å²) in [4.78, 5) is 17.4. The molecule has 5 heteroatoms. The molecule has 0 aliphatic carbocycles. The fourth-order valence-corrected chi connectivity index (χ4v) is 4.07. The standard InChI is InChI=1S/C20H32N4O/c1-23-11-9-18(10-12-23)24-13-7-17(8-14-24)22-20(25)15-19(21)16-5-3-2-4-6-16/h2-6,17-19H,7-15,21H2,1H3,(H,22,25). The molecule has 3 rings (SSSR count). The average Bonchev–Trinajstić information content (AvgIpc) is 2.64. The fourth-order valence-electron chi connectivity index (χ4n) is 4.07. The quantitative estimate of drug-likeness (QED) is 0.854. The lowest BCUT2D eigenvalue weighted by atomic mass is 9.97. The van der Waals surface area contributed by atoms with E-state index in [0.29, 0.717) is 12.5 Å². The predicted octanol–water partition coefficient (Wildman–Crippen LogP) is 1.75. The van der Waals surface area contributed by atoms with Crippen LogP contribution in [0.3, 0.4) is 0 Å². The molecule has 1 aromatic carbocycles. The Morgan fingerprint density at radius 1 is 1.12 bits per heavy atom. The van der Waals surface area contributed by atoms with Crippen molar-refractivity contribution < 1.29 is 4.79 Å². The summed E-state index contributed by atoms with van der Waals surface area (Å²) in [5.74, 6) is 0.0779. The maximum Gasteiger partial charge on any atom is 0.222 e. The molecule has 0 aromatic heterocycles. The molecule has 2 saturated heterocycles. The zero-order chi connectivity index (χ0) is 17.6. The largest absolute Gasteiger partial charge is 0.353 e. The maximum atomic E-state index is 12.3. The Bertz CT molecular complexity index is 534. The van der Waals surface area contributed by atoms with Gasteiger partial charge in [-0.15, -0.1) is 0 Å². The molecule has 1 aromatic rings. The van der Waals surface area contributed by atoms with Crippen molar-refractivity contribution in [3.05, 3.63) is 35.9 Å². The molecule has 1 atom stereocenters. The highest BCUT2D eigenvalue weighted by Gasteiger charge is 2.28. The van der Waals surface area contributed by atoms with E-state index in [0.717, 1.165) is 37.5 Å². The van der Waals surface area contributed by atoms with Crippen LogP contribution in [0.1, 0.15) is 43.7 Å². The fraction of sp³-hybridized carbons (Fsp3) is 0.650. The van der Waals surface area contributed by atoms with Gasteiger partial charge in [-0.2, -0.15) is 0 Å². The molecule has 0 saturated carbocycles. The van der Waals surface area contributed by atoms with E-state index >= 15 is 0 Å². The number of piperidine rings is 2. The minimum atomic E-state index is -0.222. The molecule has 138 valence electrons. The maximum absolute atomic E-state index is 12.3. The number of nitrogens with zero attached hydrogens (tertiary/aromatic N) is 2. The summed E-state index contributed by atoms with van der Waals surface area (Å²) in [6.45, 7) is 4.62. The highest BCUT2D eigenvalue weighted by Crippen LogP contribution is 2.21. The Kier molecular flexibility index (Phi) is 6.45. The molecule has 5 nitrogen and oxygen atoms in total. The van der Waals surface area contributed by atoms with Crippen LogP contribution in [0.2, 0.25) is 0 Å². The molecule has 0 spiro atoms. The molecule has 2 aliphatic rings. The van der Waals surface area contributed by atoms with E-state index in [-0.39, 0.29) is 11.9 Å². The van der Waals surface area contributed by atoms with Gasteiger partial charge in [-0.05, 0) is 51.4 Å².